The van der Waals surface area contributed by atoms with E-state index in [1.807, 2.05) is 68.4 Å². The van der Waals surface area contributed by atoms with E-state index in [9.17, 15) is 9.90 Å². The zero-order valence-electron chi connectivity index (χ0n) is 12.4. The normalized spacial score (nSPS) is 12.1. The zero-order chi connectivity index (χ0) is 15.2. The minimum atomic E-state index is -0.813. The highest BCUT2D eigenvalue weighted by Crippen LogP contribution is 2.28. The molecule has 2 N–H and O–H groups in total. The van der Waals surface area contributed by atoms with Crippen molar-refractivity contribution >= 4 is 11.7 Å². The largest absolute Gasteiger partial charge is 0.480 e. The van der Waals surface area contributed by atoms with Crippen molar-refractivity contribution in [3.8, 4) is 11.1 Å². The quantitative estimate of drug-likeness (QED) is 0.832. The highest BCUT2D eigenvalue weighted by Gasteiger charge is 2.19. The molecule has 2 aromatic rings. The number of anilines is 1. The molecule has 0 aliphatic carbocycles. The van der Waals surface area contributed by atoms with Gasteiger partial charge in [0.05, 0.1) is 0 Å². The monoisotopic (exact) mass is 283 g/mol. The first-order valence-corrected chi connectivity index (χ1v) is 7.21. The standard InChI is InChI=1S/C18H21NO2/c1-13(2)12-17(18(20)21)19-16-11-7-6-10-15(16)14-8-4-3-5-9-14/h3-11,13,17,19H,12H2,1-2H3,(H,20,21)/t17-/m0/s1. The summed E-state index contributed by atoms with van der Waals surface area (Å²) in [6, 6.07) is 17.2. The molecule has 0 radical (unpaired) electrons. The Balaban J connectivity index is 2.30. The topological polar surface area (TPSA) is 49.3 Å². The maximum absolute atomic E-state index is 11.4. The van der Waals surface area contributed by atoms with E-state index in [-0.39, 0.29) is 0 Å². The van der Waals surface area contributed by atoms with E-state index in [4.69, 9.17) is 0 Å². The van der Waals surface area contributed by atoms with Crippen molar-refractivity contribution < 1.29 is 9.90 Å². The van der Waals surface area contributed by atoms with E-state index in [1.54, 1.807) is 0 Å². The second kappa shape index (κ2) is 6.93. The van der Waals surface area contributed by atoms with E-state index in [1.165, 1.54) is 0 Å². The number of nitrogens with one attached hydrogen (secondary N) is 1. The number of aliphatic carboxylic acids is 1. The summed E-state index contributed by atoms with van der Waals surface area (Å²) in [5, 5.41) is 12.6. The van der Waals surface area contributed by atoms with Gasteiger partial charge in [0, 0.05) is 11.3 Å². The number of benzene rings is 2. The first-order valence-electron chi connectivity index (χ1n) is 7.21. The fourth-order valence-corrected chi connectivity index (χ4v) is 2.36. The lowest BCUT2D eigenvalue weighted by Gasteiger charge is -2.20. The van der Waals surface area contributed by atoms with Crippen molar-refractivity contribution in [3.63, 3.8) is 0 Å². The van der Waals surface area contributed by atoms with Crippen LogP contribution in [0.4, 0.5) is 5.69 Å². The number of hydrogen-bond donors (Lipinski definition) is 2. The van der Waals surface area contributed by atoms with Gasteiger partial charge >= 0.3 is 5.97 Å². The Bertz CT molecular complexity index is 593. The molecule has 21 heavy (non-hydrogen) atoms. The molecule has 3 nitrogen and oxygen atoms in total. The molecule has 0 bridgehead atoms. The van der Waals surface area contributed by atoms with Crippen LogP contribution in [0.3, 0.4) is 0 Å². The second-order valence-corrected chi connectivity index (χ2v) is 5.58. The van der Waals surface area contributed by atoms with E-state index in [0.29, 0.717) is 12.3 Å². The van der Waals surface area contributed by atoms with Crippen molar-refractivity contribution in [2.45, 2.75) is 26.3 Å². The molecule has 0 aromatic heterocycles. The van der Waals surface area contributed by atoms with Gasteiger partial charge in [0.25, 0.3) is 0 Å². The molecular weight excluding hydrogens is 262 g/mol. The fraction of sp³-hybridized carbons (Fsp3) is 0.278. The molecule has 0 fully saturated rings. The van der Waals surface area contributed by atoms with Crippen LogP contribution < -0.4 is 5.32 Å². The molecule has 0 spiro atoms. The average molecular weight is 283 g/mol. The molecule has 0 amide bonds. The summed E-state index contributed by atoms with van der Waals surface area (Å²) in [7, 11) is 0. The minimum Gasteiger partial charge on any atom is -0.480 e. The summed E-state index contributed by atoms with van der Waals surface area (Å²) in [6.45, 7) is 4.06. The van der Waals surface area contributed by atoms with Gasteiger partial charge in [-0.1, -0.05) is 62.4 Å². The van der Waals surface area contributed by atoms with Crippen LogP contribution in [0, 0.1) is 5.92 Å². The van der Waals surface area contributed by atoms with Gasteiger partial charge in [0.1, 0.15) is 6.04 Å². The number of rotatable bonds is 6. The Hall–Kier alpha value is -2.29. The Morgan fingerprint density at radius 2 is 1.67 bits per heavy atom. The lowest BCUT2D eigenvalue weighted by Crippen LogP contribution is -2.30. The summed E-state index contributed by atoms with van der Waals surface area (Å²) >= 11 is 0. The number of carboxylic acid groups (broad SMARTS) is 1. The second-order valence-electron chi connectivity index (χ2n) is 5.58. The van der Waals surface area contributed by atoms with Gasteiger partial charge in [-0.25, -0.2) is 4.79 Å². The summed E-state index contributed by atoms with van der Waals surface area (Å²) in [4.78, 5) is 11.4. The van der Waals surface area contributed by atoms with Crippen LogP contribution in [-0.2, 0) is 4.79 Å². The molecule has 0 heterocycles. The molecule has 0 saturated heterocycles. The summed E-state index contributed by atoms with van der Waals surface area (Å²) in [5.74, 6) is -0.492. The van der Waals surface area contributed by atoms with Crippen molar-refractivity contribution in [1.82, 2.24) is 0 Å². The molecule has 0 saturated carbocycles. The van der Waals surface area contributed by atoms with Gasteiger partial charge in [-0.15, -0.1) is 0 Å². The predicted molar refractivity (Wildman–Crippen MR) is 86.4 cm³/mol. The van der Waals surface area contributed by atoms with Gasteiger partial charge in [-0.05, 0) is 24.0 Å². The van der Waals surface area contributed by atoms with Gasteiger partial charge in [-0.2, -0.15) is 0 Å². The molecule has 110 valence electrons. The van der Waals surface area contributed by atoms with Crippen molar-refractivity contribution in [3.05, 3.63) is 54.6 Å². The lowest BCUT2D eigenvalue weighted by atomic mass is 10.0. The summed E-state index contributed by atoms with van der Waals surface area (Å²) in [6.07, 6.45) is 0.596. The van der Waals surface area contributed by atoms with Crippen LogP contribution in [0.25, 0.3) is 11.1 Å². The zero-order valence-corrected chi connectivity index (χ0v) is 12.4. The van der Waals surface area contributed by atoms with Gasteiger partial charge in [0.2, 0.25) is 0 Å². The molecule has 0 aliphatic heterocycles. The molecule has 2 rings (SSSR count). The van der Waals surface area contributed by atoms with E-state index < -0.39 is 12.0 Å². The number of hydrogen-bond acceptors (Lipinski definition) is 2. The maximum atomic E-state index is 11.4. The number of carboxylic acids is 1. The minimum absolute atomic E-state index is 0.322. The first-order chi connectivity index (χ1) is 10.1. The first kappa shape index (κ1) is 15.1. The van der Waals surface area contributed by atoms with Crippen LogP contribution in [0.15, 0.2) is 54.6 Å². The fourth-order valence-electron chi connectivity index (χ4n) is 2.36. The van der Waals surface area contributed by atoms with E-state index in [2.05, 4.69) is 5.32 Å². The maximum Gasteiger partial charge on any atom is 0.326 e. The van der Waals surface area contributed by atoms with Crippen LogP contribution in [0.1, 0.15) is 20.3 Å². The smallest absolute Gasteiger partial charge is 0.326 e. The van der Waals surface area contributed by atoms with Gasteiger partial charge in [-0.3, -0.25) is 0 Å². The number of carbonyl (C=O) groups is 1. The Labute approximate surface area is 125 Å². The van der Waals surface area contributed by atoms with Crippen molar-refractivity contribution in [2.75, 3.05) is 5.32 Å². The molecule has 0 unspecified atom stereocenters. The third kappa shape index (κ3) is 4.09. The van der Waals surface area contributed by atoms with Crippen LogP contribution in [0.5, 0.6) is 0 Å². The Kier molecular flexibility index (Phi) is 4.99. The average Bonchev–Trinajstić information content (AvgIpc) is 2.47. The van der Waals surface area contributed by atoms with Crippen molar-refractivity contribution in [1.29, 1.82) is 0 Å². The highest BCUT2D eigenvalue weighted by molar-refractivity contribution is 5.83. The lowest BCUT2D eigenvalue weighted by molar-refractivity contribution is -0.138. The third-order valence-corrected chi connectivity index (χ3v) is 3.35. The third-order valence-electron chi connectivity index (χ3n) is 3.35. The number of para-hydroxylation sites is 1. The van der Waals surface area contributed by atoms with E-state index in [0.717, 1.165) is 16.8 Å². The molecular formula is C18H21NO2. The SMILES string of the molecule is CC(C)C[C@H](Nc1ccccc1-c1ccccc1)C(=O)O. The van der Waals surface area contributed by atoms with Crippen LogP contribution >= 0.6 is 0 Å². The molecule has 1 atom stereocenters. The van der Waals surface area contributed by atoms with Crippen LogP contribution in [0.2, 0.25) is 0 Å². The van der Waals surface area contributed by atoms with Gasteiger partial charge < -0.3 is 10.4 Å². The predicted octanol–water partition coefficient (Wildman–Crippen LogP) is 4.26. The van der Waals surface area contributed by atoms with Crippen molar-refractivity contribution in [2.24, 2.45) is 5.92 Å². The Morgan fingerprint density at radius 1 is 1.05 bits per heavy atom. The summed E-state index contributed by atoms with van der Waals surface area (Å²) in [5.41, 5.74) is 2.96. The van der Waals surface area contributed by atoms with Crippen LogP contribution in [-0.4, -0.2) is 17.1 Å². The highest BCUT2D eigenvalue weighted by atomic mass is 16.4. The summed E-state index contributed by atoms with van der Waals surface area (Å²) < 4.78 is 0. The van der Waals surface area contributed by atoms with Gasteiger partial charge in [0.15, 0.2) is 0 Å². The molecule has 0 aliphatic rings. The molecule has 3 heteroatoms. The molecule has 2 aromatic carbocycles. The Morgan fingerprint density at radius 3 is 2.29 bits per heavy atom. The van der Waals surface area contributed by atoms with E-state index >= 15 is 0 Å².